The number of halogens is 1. The largest absolute Gasteiger partial charge is 0.496 e. The van der Waals surface area contributed by atoms with E-state index in [2.05, 4.69) is 4.72 Å². The fraction of sp³-hybridized carbons (Fsp3) is 0.458. The van der Waals surface area contributed by atoms with Gasteiger partial charge in [0.25, 0.3) is 0 Å². The fourth-order valence-electron chi connectivity index (χ4n) is 4.71. The number of carbonyl (C=O) groups excluding carboxylic acids is 1. The average molecular weight is 484 g/mol. The molecule has 7 nitrogen and oxygen atoms in total. The molecule has 2 fully saturated rings. The van der Waals surface area contributed by atoms with E-state index in [1.807, 2.05) is 5.32 Å². The highest BCUT2D eigenvalue weighted by atomic mass is 32.2. The van der Waals surface area contributed by atoms with Gasteiger partial charge in [0.2, 0.25) is 16.0 Å². The highest BCUT2D eigenvalue weighted by Gasteiger charge is 2.61. The first kappa shape index (κ1) is 15.3. The van der Waals surface area contributed by atoms with Crippen LogP contribution in [0.3, 0.4) is 0 Å². The van der Waals surface area contributed by atoms with Gasteiger partial charge in [-0.25, -0.2) is 22.3 Å². The molecule has 0 bridgehead atoms. The molecule has 1 saturated carbocycles. The van der Waals surface area contributed by atoms with Crippen LogP contribution in [0.1, 0.15) is 36.2 Å². The Hall–Kier alpha value is -2.65. The number of amides is 2. The van der Waals surface area contributed by atoms with Crippen molar-refractivity contribution in [2.24, 2.45) is 5.41 Å². The standard InChI is InChI=1S/C24H30FN3O4S/c1-3-26-23(29)28-15-24(12-13-24)22(27-33(30,31)16-25)20(28)14-18-10-7-11-19(21(18)32-2)17-8-5-4-6-9-17/h4-11,20,22,27H,3,12-16H2,1-2H3,(H,26,29)/t20-,22+/m0/s1/i1D3,2D3,3D2. The number of carbonyl (C=O) groups is 1. The third kappa shape index (κ3) is 4.70. The highest BCUT2D eigenvalue weighted by molar-refractivity contribution is 7.89. The molecule has 1 spiro atoms. The minimum atomic E-state index is -4.42. The molecule has 33 heavy (non-hydrogen) atoms. The van der Waals surface area contributed by atoms with Crippen LogP contribution in [-0.2, 0) is 16.4 Å². The topological polar surface area (TPSA) is 87.7 Å². The molecule has 1 aliphatic heterocycles. The summed E-state index contributed by atoms with van der Waals surface area (Å²) in [5.74, 6) is -0.0271. The second-order valence-electron chi connectivity index (χ2n) is 8.40. The Morgan fingerprint density at radius 1 is 1.27 bits per heavy atom. The summed E-state index contributed by atoms with van der Waals surface area (Å²) in [4.78, 5) is 14.5. The van der Waals surface area contributed by atoms with Gasteiger partial charge in [0, 0.05) is 36.9 Å². The van der Waals surface area contributed by atoms with E-state index in [9.17, 15) is 17.6 Å². The quantitative estimate of drug-likeness (QED) is 0.603. The van der Waals surface area contributed by atoms with Crippen LogP contribution in [0, 0.1) is 5.41 Å². The molecule has 2 aromatic rings. The maximum Gasteiger partial charge on any atom is 0.317 e. The summed E-state index contributed by atoms with van der Waals surface area (Å²) in [7, 11) is -7.28. The fourth-order valence-corrected chi connectivity index (χ4v) is 5.57. The number of methoxy groups -OCH3 is 1. The first-order chi connectivity index (χ1) is 18.9. The molecule has 1 heterocycles. The zero-order valence-corrected chi connectivity index (χ0v) is 18.5. The molecule has 9 heteroatoms. The van der Waals surface area contributed by atoms with Gasteiger partial charge in [-0.05, 0) is 37.2 Å². The minimum absolute atomic E-state index is 0.0271. The molecule has 2 aromatic carbocycles. The maximum absolute atomic E-state index is 13.4. The molecular weight excluding hydrogens is 445 g/mol. The molecule has 2 N–H and O–H groups in total. The van der Waals surface area contributed by atoms with Gasteiger partial charge < -0.3 is 15.0 Å². The number of likely N-dealkylation sites (tertiary alicyclic amines) is 1. The molecule has 0 radical (unpaired) electrons. The number of nitrogens with one attached hydrogen (secondary N) is 2. The number of nitrogens with zero attached hydrogens (tertiary/aromatic N) is 1. The second kappa shape index (κ2) is 9.30. The molecule has 1 aliphatic carbocycles. The normalized spacial score (nSPS) is 26.0. The molecule has 0 unspecified atom stereocenters. The van der Waals surface area contributed by atoms with Crippen LogP contribution in [0.4, 0.5) is 9.18 Å². The van der Waals surface area contributed by atoms with E-state index in [-0.39, 0.29) is 18.7 Å². The Morgan fingerprint density at radius 2 is 2.06 bits per heavy atom. The molecule has 0 aromatic heterocycles. The van der Waals surface area contributed by atoms with Crippen molar-refractivity contribution >= 4 is 16.1 Å². The van der Waals surface area contributed by atoms with Crippen molar-refractivity contribution in [1.82, 2.24) is 14.9 Å². The monoisotopic (exact) mass is 483 g/mol. The number of rotatable bonds is 8. The van der Waals surface area contributed by atoms with Crippen molar-refractivity contribution in [2.75, 3.05) is 26.1 Å². The molecular formula is C24H30FN3O4S. The van der Waals surface area contributed by atoms with E-state index in [1.54, 1.807) is 48.5 Å². The van der Waals surface area contributed by atoms with Crippen molar-refractivity contribution in [3.63, 3.8) is 0 Å². The summed E-state index contributed by atoms with van der Waals surface area (Å²) >= 11 is 0. The van der Waals surface area contributed by atoms with Crippen molar-refractivity contribution < 1.29 is 33.3 Å². The number of urea groups is 1. The molecule has 2 atom stereocenters. The van der Waals surface area contributed by atoms with Crippen LogP contribution >= 0.6 is 0 Å². The zero-order valence-electron chi connectivity index (χ0n) is 25.7. The van der Waals surface area contributed by atoms with Gasteiger partial charge in [-0.2, -0.15) is 0 Å². The van der Waals surface area contributed by atoms with Crippen LogP contribution in [-0.4, -0.2) is 57.5 Å². The molecule has 1 saturated heterocycles. The second-order valence-corrected chi connectivity index (χ2v) is 10.1. The highest BCUT2D eigenvalue weighted by Crippen LogP contribution is 2.55. The average Bonchev–Trinajstić information content (AvgIpc) is 3.59. The van der Waals surface area contributed by atoms with Crippen LogP contribution in [0.15, 0.2) is 48.5 Å². The number of sulfonamides is 1. The molecule has 2 aliphatic rings. The van der Waals surface area contributed by atoms with Gasteiger partial charge in [-0.15, -0.1) is 0 Å². The lowest BCUT2D eigenvalue weighted by Gasteiger charge is -2.30. The number of hydrogen-bond donors (Lipinski definition) is 2. The van der Waals surface area contributed by atoms with E-state index in [0.717, 1.165) is 4.90 Å². The number of benzene rings is 2. The molecule has 2 amide bonds. The van der Waals surface area contributed by atoms with Gasteiger partial charge in [0.15, 0.2) is 0 Å². The van der Waals surface area contributed by atoms with Crippen LogP contribution in [0.25, 0.3) is 11.1 Å². The minimum Gasteiger partial charge on any atom is -0.496 e. The lowest BCUT2D eigenvalue weighted by molar-refractivity contribution is 0.189. The van der Waals surface area contributed by atoms with Crippen molar-refractivity contribution in [3.05, 3.63) is 54.1 Å². The van der Waals surface area contributed by atoms with Crippen LogP contribution < -0.4 is 14.8 Å². The Kier molecular flexibility index (Phi) is 4.31. The first-order valence-corrected chi connectivity index (χ1v) is 12.0. The molecule has 178 valence electrons. The summed E-state index contributed by atoms with van der Waals surface area (Å²) in [5, 5.41) is 1.89. The number of ether oxygens (including phenoxy) is 1. The predicted molar refractivity (Wildman–Crippen MR) is 125 cm³/mol. The lowest BCUT2D eigenvalue weighted by atomic mass is 9.91. The van der Waals surface area contributed by atoms with E-state index in [4.69, 9.17) is 15.7 Å². The Bertz CT molecular complexity index is 1390. The molecule has 4 rings (SSSR count). The summed E-state index contributed by atoms with van der Waals surface area (Å²) in [6.07, 6.45) is 0.778. The van der Waals surface area contributed by atoms with Gasteiger partial charge in [0.05, 0.1) is 17.2 Å². The third-order valence-corrected chi connectivity index (χ3v) is 7.32. The summed E-state index contributed by atoms with van der Waals surface area (Å²) in [6, 6.07) is 8.72. The van der Waals surface area contributed by atoms with Gasteiger partial charge in [-0.3, -0.25) is 0 Å². The van der Waals surface area contributed by atoms with Crippen LogP contribution in [0.2, 0.25) is 0 Å². The van der Waals surface area contributed by atoms with Gasteiger partial charge in [-0.1, -0.05) is 48.5 Å². The Morgan fingerprint density at radius 3 is 2.73 bits per heavy atom. The zero-order chi connectivity index (χ0) is 30.4. The Labute approximate surface area is 205 Å². The SMILES string of the molecule is [2H]C([2H])([2H])Oc1c(C[C@H]2[C@@H](NS(=O)(=O)CF)C3(CC3)CN2C(=O)NC([2H])([2H])C([2H])([2H])[2H])cccc1-c1ccccc1. The van der Waals surface area contributed by atoms with E-state index in [0.29, 0.717) is 29.5 Å². The third-order valence-electron chi connectivity index (χ3n) is 6.42. The lowest BCUT2D eigenvalue weighted by Crippen LogP contribution is -2.51. The number of alkyl halides is 1. The first-order valence-electron chi connectivity index (χ1n) is 14.4. The smallest absolute Gasteiger partial charge is 0.317 e. The van der Waals surface area contributed by atoms with E-state index in [1.165, 1.54) is 0 Å². The summed E-state index contributed by atoms with van der Waals surface area (Å²) in [5.41, 5.74) is 0.563. The predicted octanol–water partition coefficient (Wildman–Crippen LogP) is 3.31. The number of para-hydroxylation sites is 1. The van der Waals surface area contributed by atoms with E-state index >= 15 is 0 Å². The summed E-state index contributed by atoms with van der Waals surface area (Å²) < 4.78 is 107. The van der Waals surface area contributed by atoms with Gasteiger partial charge in [0.1, 0.15) is 5.75 Å². The van der Waals surface area contributed by atoms with Crippen molar-refractivity contribution in [3.8, 4) is 16.9 Å². The maximum atomic E-state index is 13.4. The van der Waals surface area contributed by atoms with Gasteiger partial charge >= 0.3 is 6.03 Å². The summed E-state index contributed by atoms with van der Waals surface area (Å²) in [6.45, 7) is -6.37. The number of hydrogen-bond acceptors (Lipinski definition) is 4. The Balaban J connectivity index is 1.80. The van der Waals surface area contributed by atoms with Crippen LogP contribution in [0.5, 0.6) is 5.75 Å². The van der Waals surface area contributed by atoms with Crippen molar-refractivity contribution in [1.29, 1.82) is 0 Å². The van der Waals surface area contributed by atoms with Crippen molar-refractivity contribution in [2.45, 2.75) is 38.2 Å². The van der Waals surface area contributed by atoms with E-state index < -0.39 is 59.9 Å².